The van der Waals surface area contributed by atoms with Gasteiger partial charge in [-0.25, -0.2) is 0 Å². The number of ether oxygens (including phenoxy) is 1. The second-order valence-corrected chi connectivity index (χ2v) is 9.73. The van der Waals surface area contributed by atoms with Crippen molar-refractivity contribution in [1.82, 2.24) is 0 Å². The third kappa shape index (κ3) is 10.8. The van der Waals surface area contributed by atoms with Gasteiger partial charge in [-0.05, 0) is 66.2 Å². The van der Waals surface area contributed by atoms with Crippen molar-refractivity contribution in [2.45, 2.75) is 79.1 Å². The molecule has 0 aromatic rings. The average Bonchev–Trinajstić information content (AvgIpc) is 2.52. The van der Waals surface area contributed by atoms with Crippen LogP contribution in [0.1, 0.15) is 79.1 Å². The van der Waals surface area contributed by atoms with Crippen molar-refractivity contribution in [3.05, 3.63) is 0 Å². The van der Waals surface area contributed by atoms with E-state index in [0.29, 0.717) is 17.9 Å². The number of aliphatic carboxylic acids is 1. The fraction of sp³-hybridized carbons (Fsp3) is 0.895. The van der Waals surface area contributed by atoms with Crippen molar-refractivity contribution >= 4 is 23.1 Å². The van der Waals surface area contributed by atoms with Gasteiger partial charge in [0.15, 0.2) is 0 Å². The molecule has 1 N–H and O–H groups in total. The van der Waals surface area contributed by atoms with Crippen molar-refractivity contribution in [2.24, 2.45) is 10.8 Å². The number of methoxy groups -OCH3 is 1. The van der Waals surface area contributed by atoms with Crippen LogP contribution in [0, 0.1) is 10.8 Å². The zero-order chi connectivity index (χ0) is 19.5. The molecule has 6 heteroatoms. The van der Waals surface area contributed by atoms with Crippen molar-refractivity contribution in [1.29, 1.82) is 0 Å². The normalized spacial score (nSPS) is 13.5. The molecule has 0 fully saturated rings. The molecule has 0 bridgehead atoms. The van der Waals surface area contributed by atoms with Crippen LogP contribution in [0.5, 0.6) is 0 Å². The second kappa shape index (κ2) is 11.8. The van der Waals surface area contributed by atoms with Gasteiger partial charge in [0.1, 0.15) is 11.5 Å². The molecule has 0 aliphatic rings. The predicted octanol–water partition coefficient (Wildman–Crippen LogP) is 4.17. The Morgan fingerprint density at radius 2 is 1.32 bits per heavy atom. The summed E-state index contributed by atoms with van der Waals surface area (Å²) in [7, 11) is 1.41. The Labute approximate surface area is 156 Å². The molecule has 0 rings (SSSR count). The smallest absolute Gasteiger partial charge is 0.311 e. The topological polar surface area (TPSA) is 86.7 Å². The third-order valence-electron chi connectivity index (χ3n) is 4.66. The summed E-state index contributed by atoms with van der Waals surface area (Å²) in [6, 6.07) is 0. The molecule has 0 amide bonds. The number of carboxylic acid groups (broad SMARTS) is 1. The van der Waals surface area contributed by atoms with Gasteiger partial charge in [-0.2, -0.15) is 0 Å². The Hall–Kier alpha value is -0.750. The first-order chi connectivity index (χ1) is 11.5. The Morgan fingerprint density at radius 1 is 0.880 bits per heavy atom. The van der Waals surface area contributed by atoms with Gasteiger partial charge in [-0.15, -0.1) is 0 Å². The van der Waals surface area contributed by atoms with E-state index in [2.05, 4.69) is 0 Å². The number of carboxylic acids is 1. The molecule has 1 unspecified atom stereocenters. The van der Waals surface area contributed by atoms with Crippen LogP contribution in [0.3, 0.4) is 0 Å². The predicted molar refractivity (Wildman–Crippen MR) is 102 cm³/mol. The number of carbonyl (C=O) groups excluding carboxylic acids is 1. The van der Waals surface area contributed by atoms with E-state index in [9.17, 15) is 14.1 Å². The van der Waals surface area contributed by atoms with Gasteiger partial charge in [0.25, 0.3) is 0 Å². The van der Waals surface area contributed by atoms with Gasteiger partial charge < -0.3 is 14.4 Å². The first-order valence-corrected chi connectivity index (χ1v) is 10.7. The maximum Gasteiger partial charge on any atom is 0.311 e. The average molecular weight is 377 g/mol. The number of esters is 1. The number of carbonyl (C=O) groups is 2. The molecule has 0 saturated heterocycles. The second-order valence-electron chi connectivity index (χ2n) is 8.03. The number of hydrogen-bond donors (Lipinski definition) is 1. The summed E-state index contributed by atoms with van der Waals surface area (Å²) < 4.78 is 16.8. The van der Waals surface area contributed by atoms with Crippen LogP contribution in [-0.4, -0.2) is 40.2 Å². The number of rotatable bonds is 14. The molecule has 0 aromatic carbocycles. The summed E-state index contributed by atoms with van der Waals surface area (Å²) in [6.45, 7) is 7.27. The van der Waals surface area contributed by atoms with E-state index in [1.54, 1.807) is 13.8 Å². The lowest BCUT2D eigenvalue weighted by Crippen LogP contribution is -2.25. The van der Waals surface area contributed by atoms with Crippen LogP contribution < -0.4 is 0 Å². The SMILES string of the molecule is COC(=O)C(C)(C)CCCCC[S+]([O-])CCCCCC(C)(C)C(=O)O. The van der Waals surface area contributed by atoms with E-state index in [-0.39, 0.29) is 5.97 Å². The Balaban J connectivity index is 3.67. The maximum atomic E-state index is 12.0. The van der Waals surface area contributed by atoms with Gasteiger partial charge in [-0.3, -0.25) is 9.59 Å². The van der Waals surface area contributed by atoms with Gasteiger partial charge in [-0.1, -0.05) is 24.0 Å². The van der Waals surface area contributed by atoms with E-state index in [1.807, 2.05) is 13.8 Å². The maximum absolute atomic E-state index is 12.0. The van der Waals surface area contributed by atoms with E-state index in [1.165, 1.54) is 7.11 Å². The largest absolute Gasteiger partial charge is 0.616 e. The molecular weight excluding hydrogens is 340 g/mol. The zero-order valence-electron chi connectivity index (χ0n) is 16.6. The minimum Gasteiger partial charge on any atom is -0.616 e. The molecule has 1 atom stereocenters. The summed E-state index contributed by atoms with van der Waals surface area (Å²) in [5.74, 6) is 0.467. The standard InChI is InChI=1S/C19H36O5S/c1-18(2,16(20)21)12-8-6-10-14-25(23)15-11-7-9-13-19(3,4)17(22)24-5/h6-15H2,1-5H3,(H,20,21). The molecule has 0 spiro atoms. The monoisotopic (exact) mass is 376 g/mol. The van der Waals surface area contributed by atoms with Crippen molar-refractivity contribution in [3.8, 4) is 0 Å². The Kier molecular flexibility index (Phi) is 11.4. The van der Waals surface area contributed by atoms with Gasteiger partial charge in [0.05, 0.1) is 17.9 Å². The van der Waals surface area contributed by atoms with Gasteiger partial charge in [0.2, 0.25) is 0 Å². The lowest BCUT2D eigenvalue weighted by atomic mass is 9.87. The van der Waals surface area contributed by atoms with Crippen LogP contribution in [0.15, 0.2) is 0 Å². The molecule has 148 valence electrons. The van der Waals surface area contributed by atoms with Crippen LogP contribution in [-0.2, 0) is 25.5 Å². The highest BCUT2D eigenvalue weighted by Crippen LogP contribution is 2.25. The minimum absolute atomic E-state index is 0.179. The van der Waals surface area contributed by atoms with E-state index < -0.39 is 28.0 Å². The zero-order valence-corrected chi connectivity index (χ0v) is 17.4. The van der Waals surface area contributed by atoms with Gasteiger partial charge in [0, 0.05) is 0 Å². The van der Waals surface area contributed by atoms with Crippen LogP contribution in [0.4, 0.5) is 0 Å². The first-order valence-electron chi connectivity index (χ1n) is 9.20. The molecule has 5 nitrogen and oxygen atoms in total. The van der Waals surface area contributed by atoms with Crippen molar-refractivity contribution in [3.63, 3.8) is 0 Å². The lowest BCUT2D eigenvalue weighted by Gasteiger charge is -2.21. The molecule has 0 aliphatic carbocycles. The Bertz CT molecular complexity index is 407. The van der Waals surface area contributed by atoms with E-state index in [0.717, 1.165) is 44.9 Å². The summed E-state index contributed by atoms with van der Waals surface area (Å²) in [5.41, 5.74) is -1.12. The van der Waals surface area contributed by atoms with E-state index >= 15 is 0 Å². The summed E-state index contributed by atoms with van der Waals surface area (Å²) in [5, 5.41) is 9.05. The fourth-order valence-corrected chi connectivity index (χ4v) is 3.86. The molecule has 0 radical (unpaired) electrons. The minimum atomic E-state index is -0.796. The molecule has 25 heavy (non-hydrogen) atoms. The Morgan fingerprint density at radius 3 is 1.72 bits per heavy atom. The molecular formula is C19H36O5S. The van der Waals surface area contributed by atoms with E-state index in [4.69, 9.17) is 9.84 Å². The number of unbranched alkanes of at least 4 members (excludes halogenated alkanes) is 4. The molecule has 0 saturated carbocycles. The third-order valence-corrected chi connectivity index (χ3v) is 6.15. The molecule has 0 aromatic heterocycles. The highest BCUT2D eigenvalue weighted by Gasteiger charge is 2.28. The number of hydrogen-bond acceptors (Lipinski definition) is 4. The molecule has 0 heterocycles. The molecule has 0 aliphatic heterocycles. The highest BCUT2D eigenvalue weighted by molar-refractivity contribution is 7.91. The van der Waals surface area contributed by atoms with Crippen molar-refractivity contribution in [2.75, 3.05) is 18.6 Å². The summed E-state index contributed by atoms with van der Waals surface area (Å²) >= 11 is -0.796. The summed E-state index contributed by atoms with van der Waals surface area (Å²) in [4.78, 5) is 22.6. The fourth-order valence-electron chi connectivity index (χ4n) is 2.60. The van der Waals surface area contributed by atoms with Crippen LogP contribution >= 0.6 is 0 Å². The van der Waals surface area contributed by atoms with Crippen molar-refractivity contribution < 1.29 is 24.0 Å². The lowest BCUT2D eigenvalue weighted by molar-refractivity contribution is -0.151. The van der Waals surface area contributed by atoms with Crippen LogP contribution in [0.25, 0.3) is 0 Å². The van der Waals surface area contributed by atoms with Crippen LogP contribution in [0.2, 0.25) is 0 Å². The quantitative estimate of drug-likeness (QED) is 0.279. The summed E-state index contributed by atoms with van der Waals surface area (Å²) in [6.07, 6.45) is 6.93. The first kappa shape index (κ1) is 24.2. The highest BCUT2D eigenvalue weighted by atomic mass is 32.2. The van der Waals surface area contributed by atoms with Gasteiger partial charge >= 0.3 is 11.9 Å².